The van der Waals surface area contributed by atoms with Gasteiger partial charge < -0.3 is 14.6 Å². The predicted octanol–water partition coefficient (Wildman–Crippen LogP) is 3.06. The van der Waals surface area contributed by atoms with Crippen molar-refractivity contribution >= 4 is 28.6 Å². The number of benzene rings is 2. The van der Waals surface area contributed by atoms with Crippen LogP contribution in [0.5, 0.6) is 0 Å². The van der Waals surface area contributed by atoms with E-state index in [1.54, 1.807) is 4.57 Å². The lowest BCUT2D eigenvalue weighted by Crippen LogP contribution is -2.23. The third-order valence-electron chi connectivity index (χ3n) is 3.91. The van der Waals surface area contributed by atoms with Crippen LogP contribution in [-0.2, 0) is 27.3 Å². The lowest BCUT2D eigenvalue weighted by Gasteiger charge is -2.09. The van der Waals surface area contributed by atoms with Crippen LogP contribution < -0.4 is 5.32 Å². The molecule has 1 aromatic heterocycles. The summed E-state index contributed by atoms with van der Waals surface area (Å²) in [6.07, 6.45) is 0.631. The van der Waals surface area contributed by atoms with Gasteiger partial charge in [0.25, 0.3) is 5.91 Å². The second-order valence-corrected chi connectivity index (χ2v) is 5.79. The van der Waals surface area contributed by atoms with Gasteiger partial charge in [-0.1, -0.05) is 19.1 Å². The molecule has 0 bridgehead atoms. The molecule has 3 rings (SSSR count). The van der Waals surface area contributed by atoms with E-state index >= 15 is 0 Å². The van der Waals surface area contributed by atoms with Crippen LogP contribution in [0.15, 0.2) is 42.5 Å². The predicted molar refractivity (Wildman–Crippen MR) is 95.1 cm³/mol. The summed E-state index contributed by atoms with van der Waals surface area (Å²) in [5.74, 6) is -2.28. The minimum Gasteiger partial charge on any atom is -0.454 e. The molecule has 27 heavy (non-hydrogen) atoms. The maximum atomic E-state index is 13.5. The summed E-state index contributed by atoms with van der Waals surface area (Å²) in [7, 11) is 0. The highest BCUT2D eigenvalue weighted by molar-refractivity contribution is 5.93. The molecule has 0 aliphatic carbocycles. The maximum Gasteiger partial charge on any atom is 0.326 e. The quantitative estimate of drug-likeness (QED) is 0.674. The minimum absolute atomic E-state index is 0.0954. The van der Waals surface area contributed by atoms with Gasteiger partial charge in [-0.25, -0.2) is 13.8 Å². The molecule has 1 N–H and O–H groups in total. The van der Waals surface area contributed by atoms with Gasteiger partial charge in [0.1, 0.15) is 24.0 Å². The number of ether oxygens (including phenoxy) is 1. The van der Waals surface area contributed by atoms with Crippen LogP contribution in [0.2, 0.25) is 0 Å². The van der Waals surface area contributed by atoms with Crippen molar-refractivity contribution in [3.8, 4) is 0 Å². The molecular formula is C19H17F2N3O3. The van der Waals surface area contributed by atoms with E-state index < -0.39 is 30.1 Å². The number of anilines is 1. The fraction of sp³-hybridized carbons (Fsp3) is 0.211. The minimum atomic E-state index is -0.910. The van der Waals surface area contributed by atoms with Crippen LogP contribution in [0.25, 0.3) is 11.0 Å². The topological polar surface area (TPSA) is 73.2 Å². The Hall–Kier alpha value is -3.29. The van der Waals surface area contributed by atoms with Gasteiger partial charge in [0.2, 0.25) is 0 Å². The molecule has 0 spiro atoms. The number of hydrogen-bond acceptors (Lipinski definition) is 4. The first-order valence-corrected chi connectivity index (χ1v) is 8.32. The fourth-order valence-corrected chi connectivity index (χ4v) is 2.67. The number of fused-ring (bicyclic) bond motifs is 1. The molecule has 3 aromatic rings. The van der Waals surface area contributed by atoms with E-state index in [0.717, 1.165) is 29.0 Å². The summed E-state index contributed by atoms with van der Waals surface area (Å²) < 4.78 is 33.1. The van der Waals surface area contributed by atoms with E-state index in [4.69, 9.17) is 4.74 Å². The number of para-hydroxylation sites is 2. The standard InChI is InChI=1S/C19H17F2N3O3/c1-2-17-22-15-5-3-4-6-16(15)24(17)10-19(26)27-11-18(25)23-14-8-7-12(20)9-13(14)21/h3-9H,2,10-11H2,1H3,(H,23,25). The van der Waals surface area contributed by atoms with E-state index in [2.05, 4.69) is 10.3 Å². The number of hydrogen-bond donors (Lipinski definition) is 1. The molecule has 8 heteroatoms. The van der Waals surface area contributed by atoms with Gasteiger partial charge in [0, 0.05) is 12.5 Å². The Morgan fingerprint density at radius 3 is 2.70 bits per heavy atom. The third-order valence-corrected chi connectivity index (χ3v) is 3.91. The number of carbonyl (C=O) groups is 2. The average Bonchev–Trinajstić information content (AvgIpc) is 3.00. The Balaban J connectivity index is 1.61. The largest absolute Gasteiger partial charge is 0.454 e. The molecule has 1 heterocycles. The summed E-state index contributed by atoms with van der Waals surface area (Å²) in [5, 5.41) is 2.23. The lowest BCUT2D eigenvalue weighted by atomic mass is 10.3. The Bertz CT molecular complexity index is 1000. The SMILES string of the molecule is CCc1nc2ccccc2n1CC(=O)OCC(=O)Nc1ccc(F)cc1F. The van der Waals surface area contributed by atoms with Gasteiger partial charge in [-0.15, -0.1) is 0 Å². The number of halogens is 2. The Labute approximate surface area is 153 Å². The first-order valence-electron chi connectivity index (χ1n) is 8.32. The van der Waals surface area contributed by atoms with E-state index in [9.17, 15) is 18.4 Å². The number of aryl methyl sites for hydroxylation is 1. The Morgan fingerprint density at radius 2 is 1.96 bits per heavy atom. The highest BCUT2D eigenvalue weighted by Gasteiger charge is 2.15. The normalized spacial score (nSPS) is 10.8. The van der Waals surface area contributed by atoms with Crippen molar-refractivity contribution in [1.82, 2.24) is 9.55 Å². The smallest absolute Gasteiger partial charge is 0.326 e. The highest BCUT2D eigenvalue weighted by Crippen LogP contribution is 2.17. The summed E-state index contributed by atoms with van der Waals surface area (Å²) in [4.78, 5) is 28.4. The first kappa shape index (κ1) is 18.5. The molecule has 6 nitrogen and oxygen atoms in total. The number of imidazole rings is 1. The summed E-state index contributed by atoms with van der Waals surface area (Å²) in [6, 6.07) is 10.2. The Morgan fingerprint density at radius 1 is 1.19 bits per heavy atom. The lowest BCUT2D eigenvalue weighted by molar-refractivity contribution is -0.147. The monoisotopic (exact) mass is 373 g/mol. The van der Waals surface area contributed by atoms with E-state index in [1.807, 2.05) is 31.2 Å². The molecule has 0 unspecified atom stereocenters. The zero-order chi connectivity index (χ0) is 19.4. The summed E-state index contributed by atoms with van der Waals surface area (Å²) in [6.45, 7) is 1.25. The first-order chi connectivity index (χ1) is 13.0. The van der Waals surface area contributed by atoms with Gasteiger partial charge in [-0.2, -0.15) is 0 Å². The number of nitrogens with one attached hydrogen (secondary N) is 1. The molecule has 0 atom stereocenters. The second kappa shape index (κ2) is 7.94. The zero-order valence-corrected chi connectivity index (χ0v) is 14.5. The molecule has 0 radical (unpaired) electrons. The number of rotatable bonds is 6. The van der Waals surface area contributed by atoms with E-state index in [0.29, 0.717) is 12.5 Å². The molecule has 2 aromatic carbocycles. The van der Waals surface area contributed by atoms with Crippen LogP contribution >= 0.6 is 0 Å². The highest BCUT2D eigenvalue weighted by atomic mass is 19.1. The molecule has 0 saturated carbocycles. The molecule has 0 fully saturated rings. The number of nitrogens with zero attached hydrogens (tertiary/aromatic N) is 2. The zero-order valence-electron chi connectivity index (χ0n) is 14.5. The third kappa shape index (κ3) is 4.28. The molecule has 140 valence electrons. The second-order valence-electron chi connectivity index (χ2n) is 5.79. The van der Waals surface area contributed by atoms with Crippen LogP contribution in [0, 0.1) is 11.6 Å². The fourth-order valence-electron chi connectivity index (χ4n) is 2.67. The molecule has 0 aliphatic heterocycles. The van der Waals surface area contributed by atoms with Crippen LogP contribution in [-0.4, -0.2) is 28.0 Å². The number of esters is 1. The number of aromatic nitrogens is 2. The van der Waals surface area contributed by atoms with Gasteiger partial charge in [0.15, 0.2) is 6.61 Å². The Kier molecular flexibility index (Phi) is 5.44. The van der Waals surface area contributed by atoms with Crippen molar-refractivity contribution in [2.24, 2.45) is 0 Å². The molecular weight excluding hydrogens is 356 g/mol. The van der Waals surface area contributed by atoms with Crippen molar-refractivity contribution in [1.29, 1.82) is 0 Å². The maximum absolute atomic E-state index is 13.5. The number of carbonyl (C=O) groups excluding carboxylic acids is 2. The van der Waals surface area contributed by atoms with Crippen molar-refractivity contribution in [3.05, 3.63) is 59.9 Å². The van der Waals surface area contributed by atoms with Gasteiger partial charge >= 0.3 is 5.97 Å². The van der Waals surface area contributed by atoms with Crippen LogP contribution in [0.1, 0.15) is 12.7 Å². The van der Waals surface area contributed by atoms with Gasteiger partial charge in [-0.3, -0.25) is 9.59 Å². The average molecular weight is 373 g/mol. The van der Waals surface area contributed by atoms with Crippen molar-refractivity contribution in [2.75, 3.05) is 11.9 Å². The van der Waals surface area contributed by atoms with E-state index in [1.165, 1.54) is 0 Å². The molecule has 0 saturated heterocycles. The van der Waals surface area contributed by atoms with Gasteiger partial charge in [-0.05, 0) is 24.3 Å². The summed E-state index contributed by atoms with van der Waals surface area (Å²) in [5.41, 5.74) is 1.38. The molecule has 1 amide bonds. The van der Waals surface area contributed by atoms with Crippen molar-refractivity contribution in [2.45, 2.75) is 19.9 Å². The van der Waals surface area contributed by atoms with Crippen molar-refractivity contribution < 1.29 is 23.1 Å². The van der Waals surface area contributed by atoms with Crippen LogP contribution in [0.3, 0.4) is 0 Å². The van der Waals surface area contributed by atoms with Crippen LogP contribution in [0.4, 0.5) is 14.5 Å². The van der Waals surface area contributed by atoms with E-state index in [-0.39, 0.29) is 12.2 Å². The summed E-state index contributed by atoms with van der Waals surface area (Å²) >= 11 is 0. The number of amides is 1. The van der Waals surface area contributed by atoms with Crippen molar-refractivity contribution in [3.63, 3.8) is 0 Å². The molecule has 0 aliphatic rings. The van der Waals surface area contributed by atoms with Gasteiger partial charge in [0.05, 0.1) is 16.7 Å².